The van der Waals surface area contributed by atoms with Gasteiger partial charge in [-0.1, -0.05) is 13.8 Å². The molecule has 0 unspecified atom stereocenters. The zero-order valence-corrected chi connectivity index (χ0v) is 13.6. The van der Waals surface area contributed by atoms with E-state index in [4.69, 9.17) is 4.74 Å². The van der Waals surface area contributed by atoms with Gasteiger partial charge in [0.25, 0.3) is 0 Å². The van der Waals surface area contributed by atoms with Gasteiger partial charge >= 0.3 is 6.09 Å². The van der Waals surface area contributed by atoms with Crippen molar-refractivity contribution in [3.63, 3.8) is 0 Å². The topological polar surface area (TPSA) is 32.8 Å². The average molecular weight is 270 g/mol. The van der Waals surface area contributed by atoms with Crippen LogP contribution in [0.15, 0.2) is 0 Å². The Morgan fingerprint density at radius 2 is 1.47 bits per heavy atom. The molecule has 0 saturated carbocycles. The van der Waals surface area contributed by atoms with Crippen molar-refractivity contribution in [2.45, 2.75) is 59.6 Å². The maximum atomic E-state index is 12.0. The highest BCUT2D eigenvalue weighted by atomic mass is 16.6. The van der Waals surface area contributed by atoms with Crippen LogP contribution in [-0.2, 0) is 4.74 Å². The van der Waals surface area contributed by atoms with Gasteiger partial charge in [-0.15, -0.1) is 0 Å². The van der Waals surface area contributed by atoms with Crippen LogP contribution < -0.4 is 0 Å². The molecule has 0 aliphatic carbocycles. The Morgan fingerprint density at radius 1 is 1.00 bits per heavy atom. The van der Waals surface area contributed by atoms with Gasteiger partial charge in [-0.25, -0.2) is 4.79 Å². The quantitative estimate of drug-likeness (QED) is 0.773. The summed E-state index contributed by atoms with van der Waals surface area (Å²) in [4.78, 5) is 16.3. The molecule has 1 aliphatic rings. The molecule has 1 fully saturated rings. The zero-order chi connectivity index (χ0) is 14.8. The second kappa shape index (κ2) is 5.70. The summed E-state index contributed by atoms with van der Waals surface area (Å²) in [5.41, 5.74) is -0.231. The van der Waals surface area contributed by atoms with Crippen LogP contribution in [0.2, 0.25) is 0 Å². The molecule has 1 aliphatic heterocycles. The SMILES string of the molecule is CC(C)C(C)(C)N1CCN(C(=O)OC(C)(C)C)CC1. The summed E-state index contributed by atoms with van der Waals surface area (Å²) < 4.78 is 5.41. The van der Waals surface area contributed by atoms with E-state index in [1.807, 2.05) is 25.7 Å². The van der Waals surface area contributed by atoms with Crippen LogP contribution in [0.1, 0.15) is 48.5 Å². The van der Waals surface area contributed by atoms with Crippen molar-refractivity contribution in [2.24, 2.45) is 5.92 Å². The van der Waals surface area contributed by atoms with Crippen molar-refractivity contribution >= 4 is 6.09 Å². The second-order valence-corrected chi connectivity index (χ2v) is 7.26. The number of carbonyl (C=O) groups is 1. The van der Waals surface area contributed by atoms with Gasteiger partial charge in [0.15, 0.2) is 0 Å². The van der Waals surface area contributed by atoms with Gasteiger partial charge in [0.05, 0.1) is 0 Å². The van der Waals surface area contributed by atoms with Crippen molar-refractivity contribution in [1.82, 2.24) is 9.80 Å². The highest BCUT2D eigenvalue weighted by Crippen LogP contribution is 2.25. The summed E-state index contributed by atoms with van der Waals surface area (Å²) in [5.74, 6) is 0.598. The van der Waals surface area contributed by atoms with Crippen LogP contribution in [0.25, 0.3) is 0 Å². The number of piperazine rings is 1. The number of amides is 1. The Hall–Kier alpha value is -0.770. The third-order valence-electron chi connectivity index (χ3n) is 4.16. The van der Waals surface area contributed by atoms with Gasteiger partial charge in [0.1, 0.15) is 5.60 Å². The van der Waals surface area contributed by atoms with E-state index >= 15 is 0 Å². The lowest BCUT2D eigenvalue weighted by Gasteiger charge is -2.46. The van der Waals surface area contributed by atoms with Crippen molar-refractivity contribution in [3.8, 4) is 0 Å². The molecule has 112 valence electrons. The van der Waals surface area contributed by atoms with Crippen molar-refractivity contribution in [2.75, 3.05) is 26.2 Å². The minimum absolute atomic E-state index is 0.181. The van der Waals surface area contributed by atoms with Crippen molar-refractivity contribution in [3.05, 3.63) is 0 Å². The Kier molecular flexibility index (Phi) is 4.88. The monoisotopic (exact) mass is 270 g/mol. The molecule has 0 aromatic heterocycles. The van der Waals surface area contributed by atoms with E-state index in [2.05, 4.69) is 32.6 Å². The molecule has 0 aromatic carbocycles. The molecule has 1 rings (SSSR count). The fourth-order valence-corrected chi connectivity index (χ4v) is 2.16. The Labute approximate surface area is 118 Å². The molecule has 0 spiro atoms. The van der Waals surface area contributed by atoms with E-state index in [0.29, 0.717) is 5.92 Å². The molecule has 19 heavy (non-hydrogen) atoms. The fourth-order valence-electron chi connectivity index (χ4n) is 2.16. The second-order valence-electron chi connectivity index (χ2n) is 7.26. The summed E-state index contributed by atoms with van der Waals surface area (Å²) in [6.07, 6.45) is -0.186. The lowest BCUT2D eigenvalue weighted by molar-refractivity contribution is -0.00601. The largest absolute Gasteiger partial charge is 0.444 e. The van der Waals surface area contributed by atoms with E-state index in [1.54, 1.807) is 0 Å². The number of carbonyl (C=O) groups excluding carboxylic acids is 1. The lowest BCUT2D eigenvalue weighted by Crippen LogP contribution is -2.57. The van der Waals surface area contributed by atoms with E-state index < -0.39 is 5.60 Å². The highest BCUT2D eigenvalue weighted by Gasteiger charge is 2.34. The van der Waals surface area contributed by atoms with Gasteiger partial charge in [-0.2, -0.15) is 0 Å². The Balaban J connectivity index is 2.52. The Morgan fingerprint density at radius 3 is 1.84 bits per heavy atom. The first-order valence-corrected chi connectivity index (χ1v) is 7.27. The zero-order valence-electron chi connectivity index (χ0n) is 13.6. The number of hydrogen-bond donors (Lipinski definition) is 0. The molecule has 1 amide bonds. The summed E-state index contributed by atoms with van der Waals surface area (Å²) in [5, 5.41) is 0. The minimum Gasteiger partial charge on any atom is -0.444 e. The number of nitrogens with zero attached hydrogens (tertiary/aromatic N) is 2. The smallest absolute Gasteiger partial charge is 0.410 e. The number of hydrogen-bond acceptors (Lipinski definition) is 3. The van der Waals surface area contributed by atoms with E-state index in [-0.39, 0.29) is 11.6 Å². The lowest BCUT2D eigenvalue weighted by atomic mass is 9.88. The molecule has 0 bridgehead atoms. The first-order valence-electron chi connectivity index (χ1n) is 7.27. The van der Waals surface area contributed by atoms with Crippen molar-refractivity contribution < 1.29 is 9.53 Å². The molecular formula is C15H30N2O2. The first kappa shape index (κ1) is 16.3. The summed E-state index contributed by atoms with van der Waals surface area (Å²) >= 11 is 0. The molecule has 1 heterocycles. The van der Waals surface area contributed by atoms with E-state index in [0.717, 1.165) is 26.2 Å². The van der Waals surface area contributed by atoms with Crippen LogP contribution in [0, 0.1) is 5.92 Å². The van der Waals surface area contributed by atoms with Crippen LogP contribution in [0.4, 0.5) is 4.79 Å². The molecule has 4 heteroatoms. The van der Waals surface area contributed by atoms with Gasteiger partial charge in [-0.3, -0.25) is 4.90 Å². The normalized spacial score (nSPS) is 18.8. The predicted molar refractivity (Wildman–Crippen MR) is 78.3 cm³/mol. The first-order chi connectivity index (χ1) is 8.54. The molecule has 1 saturated heterocycles. The minimum atomic E-state index is -0.411. The fraction of sp³-hybridized carbons (Fsp3) is 0.933. The van der Waals surface area contributed by atoms with Gasteiger partial charge in [-0.05, 0) is 40.5 Å². The maximum absolute atomic E-state index is 12.0. The van der Waals surface area contributed by atoms with Gasteiger partial charge in [0, 0.05) is 31.7 Å². The third-order valence-corrected chi connectivity index (χ3v) is 4.16. The van der Waals surface area contributed by atoms with Crippen LogP contribution in [-0.4, -0.2) is 53.2 Å². The van der Waals surface area contributed by atoms with Gasteiger partial charge < -0.3 is 9.64 Å². The molecule has 4 nitrogen and oxygen atoms in total. The summed E-state index contributed by atoms with van der Waals surface area (Å²) in [7, 11) is 0. The van der Waals surface area contributed by atoms with E-state index in [1.165, 1.54) is 0 Å². The molecular weight excluding hydrogens is 240 g/mol. The predicted octanol–water partition coefficient (Wildman–Crippen LogP) is 2.97. The van der Waals surface area contributed by atoms with Crippen LogP contribution in [0.3, 0.4) is 0 Å². The summed E-state index contributed by atoms with van der Waals surface area (Å²) in [6, 6.07) is 0. The molecule has 0 radical (unpaired) electrons. The average Bonchev–Trinajstić information content (AvgIpc) is 2.26. The molecule has 0 N–H and O–H groups in total. The third kappa shape index (κ3) is 4.37. The highest BCUT2D eigenvalue weighted by molar-refractivity contribution is 5.68. The summed E-state index contributed by atoms with van der Waals surface area (Å²) in [6.45, 7) is 18.1. The number of ether oxygens (including phenoxy) is 1. The van der Waals surface area contributed by atoms with Gasteiger partial charge in [0.2, 0.25) is 0 Å². The van der Waals surface area contributed by atoms with Crippen LogP contribution >= 0.6 is 0 Å². The van der Waals surface area contributed by atoms with Crippen molar-refractivity contribution in [1.29, 1.82) is 0 Å². The number of rotatable bonds is 2. The molecule has 0 atom stereocenters. The Bertz CT molecular complexity index is 311. The van der Waals surface area contributed by atoms with Crippen LogP contribution in [0.5, 0.6) is 0 Å². The maximum Gasteiger partial charge on any atom is 0.410 e. The standard InChI is InChI=1S/C15H30N2O2/c1-12(2)15(6,7)17-10-8-16(9-11-17)13(18)19-14(3,4)5/h12H,8-11H2,1-7H3. The molecule has 0 aromatic rings. The van der Waals surface area contributed by atoms with E-state index in [9.17, 15) is 4.79 Å².